The molecule has 0 saturated carbocycles. The topological polar surface area (TPSA) is 38.0 Å². The summed E-state index contributed by atoms with van der Waals surface area (Å²) in [5, 5.41) is 0. The summed E-state index contributed by atoms with van der Waals surface area (Å²) in [6.07, 6.45) is 6.51. The van der Waals surface area contributed by atoms with Crippen molar-refractivity contribution in [3.05, 3.63) is 53.6 Å². The highest BCUT2D eigenvalue weighted by atomic mass is 127. The molecule has 84 valence electrons. The number of nitrogens with two attached hydrogens (primary N) is 1. The minimum absolute atomic E-state index is 0.273. The molecule has 3 heteroatoms. The molecule has 16 heavy (non-hydrogen) atoms. The summed E-state index contributed by atoms with van der Waals surface area (Å²) in [5.74, 6) is 0. The zero-order chi connectivity index (χ0) is 11.4. The lowest BCUT2D eigenvalue weighted by atomic mass is 9.92. The molecule has 2 nitrogen and oxygen atoms in total. The first-order chi connectivity index (χ1) is 7.83. The summed E-state index contributed by atoms with van der Waals surface area (Å²) in [7, 11) is 0. The Labute approximate surface area is 110 Å². The van der Waals surface area contributed by atoms with Gasteiger partial charge >= 0.3 is 0 Å². The SMILES string of the molecule is N/C(=C1/CCC=CC1NI)c1ccccc1. The Morgan fingerprint density at radius 1 is 1.31 bits per heavy atom. The van der Waals surface area contributed by atoms with Crippen molar-refractivity contribution in [1.82, 2.24) is 3.53 Å². The lowest BCUT2D eigenvalue weighted by Crippen LogP contribution is -2.25. The van der Waals surface area contributed by atoms with Gasteiger partial charge in [0.2, 0.25) is 0 Å². The number of halogens is 1. The third kappa shape index (κ3) is 2.47. The summed E-state index contributed by atoms with van der Waals surface area (Å²) in [4.78, 5) is 0. The highest BCUT2D eigenvalue weighted by Gasteiger charge is 2.16. The van der Waals surface area contributed by atoms with Crippen LogP contribution in [0.15, 0.2) is 48.1 Å². The molecule has 1 unspecified atom stereocenters. The summed E-state index contributed by atoms with van der Waals surface area (Å²) >= 11 is 2.18. The zero-order valence-corrected chi connectivity index (χ0v) is 11.1. The molecule has 2 rings (SSSR count). The van der Waals surface area contributed by atoms with E-state index in [2.05, 4.69) is 50.7 Å². The van der Waals surface area contributed by atoms with E-state index in [4.69, 9.17) is 5.73 Å². The van der Waals surface area contributed by atoms with E-state index in [9.17, 15) is 0 Å². The highest BCUT2D eigenvalue weighted by molar-refractivity contribution is 14.1. The van der Waals surface area contributed by atoms with E-state index in [0.717, 1.165) is 24.1 Å². The molecule has 0 radical (unpaired) electrons. The lowest BCUT2D eigenvalue weighted by Gasteiger charge is -2.21. The first-order valence-electron chi connectivity index (χ1n) is 5.39. The molecule has 1 aromatic rings. The fourth-order valence-electron chi connectivity index (χ4n) is 1.95. The van der Waals surface area contributed by atoms with Crippen molar-refractivity contribution in [3.63, 3.8) is 0 Å². The molecule has 0 spiro atoms. The predicted octanol–water partition coefficient (Wildman–Crippen LogP) is 3.01. The van der Waals surface area contributed by atoms with E-state index in [1.54, 1.807) is 0 Å². The maximum atomic E-state index is 6.24. The molecular weight excluding hydrogens is 311 g/mol. The minimum atomic E-state index is 0.273. The number of hydrogen-bond donors (Lipinski definition) is 2. The number of rotatable bonds is 2. The van der Waals surface area contributed by atoms with Gasteiger partial charge in [0.05, 0.1) is 6.04 Å². The molecule has 0 saturated heterocycles. The second-order valence-corrected chi connectivity index (χ2v) is 4.48. The minimum Gasteiger partial charge on any atom is -0.398 e. The average Bonchev–Trinajstić information content (AvgIpc) is 2.39. The number of benzene rings is 1. The zero-order valence-electron chi connectivity index (χ0n) is 8.99. The predicted molar refractivity (Wildman–Crippen MR) is 76.9 cm³/mol. The van der Waals surface area contributed by atoms with Crippen molar-refractivity contribution in [2.75, 3.05) is 0 Å². The molecule has 0 bridgehead atoms. The van der Waals surface area contributed by atoms with Gasteiger partial charge in [-0.25, -0.2) is 0 Å². The van der Waals surface area contributed by atoms with E-state index in [0.29, 0.717) is 0 Å². The van der Waals surface area contributed by atoms with Crippen LogP contribution in [0, 0.1) is 0 Å². The number of hydrogen-bond acceptors (Lipinski definition) is 2. The van der Waals surface area contributed by atoms with Crippen LogP contribution in [0.1, 0.15) is 18.4 Å². The largest absolute Gasteiger partial charge is 0.398 e. The van der Waals surface area contributed by atoms with E-state index < -0.39 is 0 Å². The molecular formula is C13H15IN2. The average molecular weight is 326 g/mol. The molecule has 0 aromatic heterocycles. The van der Waals surface area contributed by atoms with E-state index in [-0.39, 0.29) is 6.04 Å². The number of nitrogens with one attached hydrogen (secondary N) is 1. The fourth-order valence-corrected chi connectivity index (χ4v) is 2.53. The normalized spacial score (nSPS) is 23.2. The number of allylic oxidation sites excluding steroid dienone is 1. The van der Waals surface area contributed by atoms with E-state index in [1.807, 2.05) is 18.2 Å². The molecule has 1 aliphatic carbocycles. The van der Waals surface area contributed by atoms with Crippen molar-refractivity contribution < 1.29 is 0 Å². The van der Waals surface area contributed by atoms with Gasteiger partial charge < -0.3 is 5.73 Å². The van der Waals surface area contributed by atoms with Crippen molar-refractivity contribution in [1.29, 1.82) is 0 Å². The summed E-state index contributed by atoms with van der Waals surface area (Å²) < 4.78 is 3.25. The third-order valence-electron chi connectivity index (χ3n) is 2.83. The van der Waals surface area contributed by atoms with Crippen molar-refractivity contribution in [2.45, 2.75) is 18.9 Å². The first-order valence-corrected chi connectivity index (χ1v) is 6.47. The molecule has 0 heterocycles. The summed E-state index contributed by atoms with van der Waals surface area (Å²) in [5.41, 5.74) is 9.56. The van der Waals surface area contributed by atoms with Gasteiger partial charge in [0.1, 0.15) is 0 Å². The Morgan fingerprint density at radius 3 is 2.75 bits per heavy atom. The van der Waals surface area contributed by atoms with Gasteiger partial charge in [-0.15, -0.1) is 0 Å². The quantitative estimate of drug-likeness (QED) is 0.498. The lowest BCUT2D eigenvalue weighted by molar-refractivity contribution is 0.783. The smallest absolute Gasteiger partial charge is 0.0578 e. The van der Waals surface area contributed by atoms with Crippen LogP contribution in [0.25, 0.3) is 5.70 Å². The van der Waals surface area contributed by atoms with Gasteiger partial charge in [-0.05, 0) is 24.0 Å². The molecule has 3 N–H and O–H groups in total. The van der Waals surface area contributed by atoms with Crippen molar-refractivity contribution >= 4 is 28.6 Å². The van der Waals surface area contributed by atoms with Crippen LogP contribution in [0.5, 0.6) is 0 Å². The van der Waals surface area contributed by atoms with Crippen LogP contribution in [0.2, 0.25) is 0 Å². The van der Waals surface area contributed by atoms with Crippen LogP contribution in [-0.4, -0.2) is 6.04 Å². The van der Waals surface area contributed by atoms with Gasteiger partial charge in [0.25, 0.3) is 0 Å². The summed E-state index contributed by atoms with van der Waals surface area (Å²) in [6, 6.07) is 10.4. The maximum Gasteiger partial charge on any atom is 0.0578 e. The Morgan fingerprint density at radius 2 is 2.06 bits per heavy atom. The van der Waals surface area contributed by atoms with Crippen LogP contribution < -0.4 is 9.26 Å². The third-order valence-corrected chi connectivity index (χ3v) is 3.50. The second kappa shape index (κ2) is 5.50. The maximum absolute atomic E-state index is 6.24. The molecule has 1 atom stereocenters. The monoisotopic (exact) mass is 326 g/mol. The van der Waals surface area contributed by atoms with Crippen LogP contribution >= 0.6 is 22.9 Å². The molecule has 0 amide bonds. The Bertz CT molecular complexity index is 409. The van der Waals surface area contributed by atoms with E-state index in [1.165, 1.54) is 5.57 Å². The molecule has 0 fully saturated rings. The van der Waals surface area contributed by atoms with Crippen molar-refractivity contribution in [3.8, 4) is 0 Å². The standard InChI is InChI=1S/C13H15IN2/c14-16-12-9-5-4-8-11(12)13(15)10-6-2-1-3-7-10/h1-3,5-7,9,12,16H,4,8,15H2/b13-11-. The Balaban J connectivity index is 2.36. The Kier molecular flexibility index (Phi) is 4.01. The van der Waals surface area contributed by atoms with Gasteiger partial charge in [-0.1, -0.05) is 42.5 Å². The first kappa shape index (κ1) is 11.7. The molecule has 0 aliphatic heterocycles. The van der Waals surface area contributed by atoms with Gasteiger partial charge in [0.15, 0.2) is 0 Å². The van der Waals surface area contributed by atoms with Gasteiger partial charge in [-0.3, -0.25) is 3.53 Å². The van der Waals surface area contributed by atoms with Crippen molar-refractivity contribution in [2.24, 2.45) is 5.73 Å². The summed E-state index contributed by atoms with van der Waals surface area (Å²) in [6.45, 7) is 0. The molecule has 1 aromatic carbocycles. The van der Waals surface area contributed by atoms with E-state index >= 15 is 0 Å². The van der Waals surface area contributed by atoms with Crippen LogP contribution in [0.4, 0.5) is 0 Å². The fraction of sp³-hybridized carbons (Fsp3) is 0.231. The highest BCUT2D eigenvalue weighted by Crippen LogP contribution is 2.25. The van der Waals surface area contributed by atoms with Crippen LogP contribution in [0.3, 0.4) is 0 Å². The molecule has 1 aliphatic rings. The Hall–Kier alpha value is -0.810. The van der Waals surface area contributed by atoms with Gasteiger partial charge in [0, 0.05) is 28.6 Å². The van der Waals surface area contributed by atoms with Gasteiger partial charge in [-0.2, -0.15) is 0 Å². The second-order valence-electron chi connectivity index (χ2n) is 3.86. The van der Waals surface area contributed by atoms with Crippen LogP contribution in [-0.2, 0) is 0 Å².